The first kappa shape index (κ1) is 24.0. The van der Waals surface area contributed by atoms with Gasteiger partial charge in [-0.25, -0.2) is 0 Å². The van der Waals surface area contributed by atoms with Gasteiger partial charge in [0.05, 0.1) is 12.6 Å². The third kappa shape index (κ3) is 10.8. The molecule has 6 nitrogen and oxygen atoms in total. The molecule has 2 N–H and O–H groups in total. The summed E-state index contributed by atoms with van der Waals surface area (Å²) in [6.45, 7) is 9.42. The molecule has 2 rings (SSSR count). The summed E-state index contributed by atoms with van der Waals surface area (Å²) in [6, 6.07) is 8.09. The number of guanidine groups is 1. The molecule has 1 aromatic carbocycles. The van der Waals surface area contributed by atoms with Crippen LogP contribution in [0, 0.1) is 6.92 Å². The van der Waals surface area contributed by atoms with Crippen LogP contribution in [0.3, 0.4) is 0 Å². The van der Waals surface area contributed by atoms with Crippen LogP contribution in [0.25, 0.3) is 0 Å². The second-order valence-electron chi connectivity index (χ2n) is 6.39. The molecule has 0 aliphatic carbocycles. The van der Waals surface area contributed by atoms with Crippen LogP contribution in [0.15, 0.2) is 29.3 Å². The van der Waals surface area contributed by atoms with E-state index >= 15 is 0 Å². The number of hydrogen-bond donors (Lipinski definition) is 2. The fourth-order valence-corrected chi connectivity index (χ4v) is 2.66. The number of aryl methyl sites for hydroxylation is 1. The van der Waals surface area contributed by atoms with E-state index in [4.69, 9.17) is 14.2 Å². The van der Waals surface area contributed by atoms with Gasteiger partial charge in [0.25, 0.3) is 0 Å². The van der Waals surface area contributed by atoms with Crippen LogP contribution in [0.2, 0.25) is 0 Å². The van der Waals surface area contributed by atoms with E-state index < -0.39 is 0 Å². The smallest absolute Gasteiger partial charge is 0.191 e. The Labute approximate surface area is 180 Å². The van der Waals surface area contributed by atoms with E-state index in [9.17, 15) is 0 Å². The molecule has 0 bridgehead atoms. The Kier molecular flexibility index (Phi) is 13.3. The highest BCUT2D eigenvalue weighted by Crippen LogP contribution is 2.11. The zero-order valence-electron chi connectivity index (χ0n) is 16.5. The number of hydrogen-bond acceptors (Lipinski definition) is 4. The summed E-state index contributed by atoms with van der Waals surface area (Å²) in [5.41, 5.74) is 1.23. The van der Waals surface area contributed by atoms with Gasteiger partial charge < -0.3 is 24.8 Å². The highest BCUT2D eigenvalue weighted by Gasteiger charge is 2.13. The molecule has 0 unspecified atom stereocenters. The van der Waals surface area contributed by atoms with Crippen molar-refractivity contribution in [3.8, 4) is 5.75 Å². The number of nitrogens with zero attached hydrogens (tertiary/aromatic N) is 1. The molecule has 1 fully saturated rings. The molecule has 0 atom stereocenters. The van der Waals surface area contributed by atoms with E-state index in [2.05, 4.69) is 41.6 Å². The molecule has 27 heavy (non-hydrogen) atoms. The molecule has 0 aromatic heterocycles. The minimum Gasteiger partial charge on any atom is -0.492 e. The largest absolute Gasteiger partial charge is 0.492 e. The topological polar surface area (TPSA) is 64.1 Å². The average Bonchev–Trinajstić information content (AvgIpc) is 2.67. The number of ether oxygens (including phenoxy) is 3. The molecule has 7 heteroatoms. The normalized spacial score (nSPS) is 15.1. The maximum atomic E-state index is 5.87. The zero-order valence-corrected chi connectivity index (χ0v) is 18.9. The standard InChI is InChI=1S/C20H33N3O3.HI/c1-3-21-20(22-11-4-13-25-19-9-14-24-15-10-19)23-12-16-26-18-7-5-17(2)6-8-18;/h5-8,19H,3-4,9-16H2,1-2H3,(H2,21,22,23);1H. The Morgan fingerprint density at radius 3 is 2.59 bits per heavy atom. The monoisotopic (exact) mass is 491 g/mol. The summed E-state index contributed by atoms with van der Waals surface area (Å²) in [6.07, 6.45) is 3.30. The van der Waals surface area contributed by atoms with Gasteiger partial charge >= 0.3 is 0 Å². The van der Waals surface area contributed by atoms with Crippen molar-refractivity contribution in [2.45, 2.75) is 39.2 Å². The molecule has 1 aliphatic heterocycles. The summed E-state index contributed by atoms with van der Waals surface area (Å²) in [7, 11) is 0. The second-order valence-corrected chi connectivity index (χ2v) is 6.39. The molecule has 0 radical (unpaired) electrons. The fourth-order valence-electron chi connectivity index (χ4n) is 2.66. The van der Waals surface area contributed by atoms with Crippen LogP contribution in [-0.4, -0.2) is 58.1 Å². The van der Waals surface area contributed by atoms with Crippen molar-refractivity contribution < 1.29 is 14.2 Å². The summed E-state index contributed by atoms with van der Waals surface area (Å²) < 4.78 is 16.9. The van der Waals surface area contributed by atoms with E-state index in [0.29, 0.717) is 19.3 Å². The predicted octanol–water partition coefficient (Wildman–Crippen LogP) is 3.13. The molecule has 1 heterocycles. The van der Waals surface area contributed by atoms with Crippen molar-refractivity contribution in [2.24, 2.45) is 4.99 Å². The SMILES string of the molecule is CCNC(=NCCCOC1CCOCC1)NCCOc1ccc(C)cc1.I. The second kappa shape index (κ2) is 14.9. The predicted molar refractivity (Wildman–Crippen MR) is 120 cm³/mol. The lowest BCUT2D eigenvalue weighted by Crippen LogP contribution is -2.39. The summed E-state index contributed by atoms with van der Waals surface area (Å²) >= 11 is 0. The molecular formula is C20H34IN3O3. The van der Waals surface area contributed by atoms with Gasteiger partial charge in [0.1, 0.15) is 12.4 Å². The quantitative estimate of drug-likeness (QED) is 0.228. The molecule has 1 aromatic rings. The Balaban J connectivity index is 0.00000364. The van der Waals surface area contributed by atoms with Crippen LogP contribution in [0.1, 0.15) is 31.7 Å². The lowest BCUT2D eigenvalue weighted by molar-refractivity contribution is -0.0318. The Morgan fingerprint density at radius 2 is 1.89 bits per heavy atom. The first-order chi connectivity index (χ1) is 12.8. The Bertz CT molecular complexity index is 520. The number of nitrogens with one attached hydrogen (secondary N) is 2. The van der Waals surface area contributed by atoms with Gasteiger partial charge in [0, 0.05) is 32.9 Å². The number of aliphatic imine (C=N–C) groups is 1. The molecule has 1 saturated heterocycles. The van der Waals surface area contributed by atoms with Crippen molar-refractivity contribution >= 4 is 29.9 Å². The third-order valence-electron chi connectivity index (χ3n) is 4.12. The molecule has 0 spiro atoms. The first-order valence-electron chi connectivity index (χ1n) is 9.69. The summed E-state index contributed by atoms with van der Waals surface area (Å²) in [5, 5.41) is 6.55. The van der Waals surface area contributed by atoms with Crippen molar-refractivity contribution in [1.29, 1.82) is 0 Å². The van der Waals surface area contributed by atoms with Crippen LogP contribution >= 0.6 is 24.0 Å². The summed E-state index contributed by atoms with van der Waals surface area (Å²) in [4.78, 5) is 4.59. The fraction of sp³-hybridized carbons (Fsp3) is 0.650. The minimum absolute atomic E-state index is 0. The van der Waals surface area contributed by atoms with Gasteiger partial charge in [-0.15, -0.1) is 24.0 Å². The number of rotatable bonds is 10. The van der Waals surface area contributed by atoms with Crippen molar-refractivity contribution in [3.05, 3.63) is 29.8 Å². The van der Waals surface area contributed by atoms with E-state index in [-0.39, 0.29) is 24.0 Å². The lowest BCUT2D eigenvalue weighted by Gasteiger charge is -2.22. The van der Waals surface area contributed by atoms with Gasteiger partial charge in [-0.1, -0.05) is 17.7 Å². The van der Waals surface area contributed by atoms with Crippen LogP contribution in [-0.2, 0) is 9.47 Å². The maximum absolute atomic E-state index is 5.87. The van der Waals surface area contributed by atoms with E-state index in [1.807, 2.05) is 12.1 Å². The molecule has 0 amide bonds. The van der Waals surface area contributed by atoms with Gasteiger partial charge in [0.2, 0.25) is 0 Å². The number of benzene rings is 1. The van der Waals surface area contributed by atoms with Crippen LogP contribution in [0.5, 0.6) is 5.75 Å². The lowest BCUT2D eigenvalue weighted by atomic mass is 10.1. The van der Waals surface area contributed by atoms with Crippen molar-refractivity contribution in [2.75, 3.05) is 46.1 Å². The zero-order chi connectivity index (χ0) is 18.5. The first-order valence-corrected chi connectivity index (χ1v) is 9.69. The number of halogens is 1. The van der Waals surface area contributed by atoms with Gasteiger partial charge in [0.15, 0.2) is 5.96 Å². The third-order valence-corrected chi connectivity index (χ3v) is 4.12. The molecule has 0 saturated carbocycles. The average molecular weight is 491 g/mol. The maximum Gasteiger partial charge on any atom is 0.191 e. The van der Waals surface area contributed by atoms with Gasteiger partial charge in [-0.2, -0.15) is 0 Å². The van der Waals surface area contributed by atoms with Crippen molar-refractivity contribution in [3.63, 3.8) is 0 Å². The van der Waals surface area contributed by atoms with Crippen LogP contribution < -0.4 is 15.4 Å². The molecule has 154 valence electrons. The van der Waals surface area contributed by atoms with Gasteiger partial charge in [-0.3, -0.25) is 4.99 Å². The highest BCUT2D eigenvalue weighted by molar-refractivity contribution is 14.0. The minimum atomic E-state index is 0. The molecule has 1 aliphatic rings. The highest BCUT2D eigenvalue weighted by atomic mass is 127. The van der Waals surface area contributed by atoms with Gasteiger partial charge in [-0.05, 0) is 45.2 Å². The molecular weight excluding hydrogens is 457 g/mol. The van der Waals surface area contributed by atoms with E-state index in [1.165, 1.54) is 5.56 Å². The van der Waals surface area contributed by atoms with Crippen molar-refractivity contribution in [1.82, 2.24) is 10.6 Å². The Morgan fingerprint density at radius 1 is 1.15 bits per heavy atom. The van der Waals surface area contributed by atoms with E-state index in [0.717, 1.165) is 63.9 Å². The van der Waals surface area contributed by atoms with Crippen LogP contribution in [0.4, 0.5) is 0 Å². The Hall–Kier alpha value is -1.06. The van der Waals surface area contributed by atoms with E-state index in [1.54, 1.807) is 0 Å². The summed E-state index contributed by atoms with van der Waals surface area (Å²) in [5.74, 6) is 1.72.